The van der Waals surface area contributed by atoms with E-state index >= 15 is 0 Å². The molecule has 2 aromatic heterocycles. The summed E-state index contributed by atoms with van der Waals surface area (Å²) in [6, 6.07) is 14.8. The second-order valence-electron chi connectivity index (χ2n) is 6.55. The number of ether oxygens (including phenoxy) is 1. The molecule has 1 atom stereocenters. The van der Waals surface area contributed by atoms with Gasteiger partial charge in [0, 0.05) is 54.8 Å². The summed E-state index contributed by atoms with van der Waals surface area (Å²) in [4.78, 5) is 9.75. The zero-order chi connectivity index (χ0) is 18.1. The molecule has 0 aliphatic heterocycles. The number of aromatic nitrogens is 3. The molecule has 0 saturated carbocycles. The van der Waals surface area contributed by atoms with Crippen molar-refractivity contribution in [1.29, 1.82) is 0 Å². The van der Waals surface area contributed by atoms with Crippen molar-refractivity contribution in [2.75, 3.05) is 26.1 Å². The highest BCUT2D eigenvalue weighted by atomic mass is 16.5. The van der Waals surface area contributed by atoms with Crippen LogP contribution in [0.5, 0.6) is 5.75 Å². The van der Waals surface area contributed by atoms with Gasteiger partial charge in [-0.25, -0.2) is 4.98 Å². The number of anilines is 1. The largest absolute Gasteiger partial charge is 0.497 e. The first-order valence-corrected chi connectivity index (χ1v) is 8.57. The Hall–Kier alpha value is -3.21. The van der Waals surface area contributed by atoms with Gasteiger partial charge in [-0.15, -0.1) is 0 Å². The van der Waals surface area contributed by atoms with Crippen LogP contribution in [0.4, 0.5) is 5.69 Å². The zero-order valence-electron chi connectivity index (χ0n) is 15.2. The van der Waals surface area contributed by atoms with Crippen LogP contribution in [0.25, 0.3) is 10.9 Å². The van der Waals surface area contributed by atoms with Crippen molar-refractivity contribution in [3.8, 4) is 5.75 Å². The van der Waals surface area contributed by atoms with Crippen LogP contribution in [-0.2, 0) is 0 Å². The fourth-order valence-corrected chi connectivity index (χ4v) is 3.36. The molecule has 4 aromatic rings. The average Bonchev–Trinajstić information content (AvgIpc) is 3.33. The Morgan fingerprint density at radius 3 is 2.58 bits per heavy atom. The number of hydrogen-bond acceptors (Lipinski definition) is 3. The highest BCUT2D eigenvalue weighted by Crippen LogP contribution is 2.34. The van der Waals surface area contributed by atoms with Crippen LogP contribution in [0.2, 0.25) is 0 Å². The van der Waals surface area contributed by atoms with Gasteiger partial charge in [0.2, 0.25) is 0 Å². The van der Waals surface area contributed by atoms with Crippen molar-refractivity contribution in [1.82, 2.24) is 14.5 Å². The molecule has 0 saturated heterocycles. The molecular formula is C21H22N4O. The lowest BCUT2D eigenvalue weighted by Gasteiger charge is -2.20. The van der Waals surface area contributed by atoms with E-state index in [1.165, 1.54) is 16.8 Å². The number of rotatable bonds is 5. The predicted molar refractivity (Wildman–Crippen MR) is 105 cm³/mol. The minimum absolute atomic E-state index is 0.0366. The van der Waals surface area contributed by atoms with Crippen LogP contribution < -0.4 is 9.64 Å². The van der Waals surface area contributed by atoms with Gasteiger partial charge in [0.1, 0.15) is 5.75 Å². The van der Waals surface area contributed by atoms with Crippen molar-refractivity contribution in [3.05, 3.63) is 78.5 Å². The third-order valence-electron chi connectivity index (χ3n) is 4.76. The zero-order valence-corrected chi connectivity index (χ0v) is 15.2. The molecule has 0 radical (unpaired) electrons. The number of fused-ring (bicyclic) bond motifs is 1. The first-order chi connectivity index (χ1) is 12.7. The minimum Gasteiger partial charge on any atom is -0.497 e. The molecule has 4 rings (SSSR count). The summed E-state index contributed by atoms with van der Waals surface area (Å²) in [7, 11) is 5.80. The van der Waals surface area contributed by atoms with Gasteiger partial charge in [-0.05, 0) is 35.9 Å². The summed E-state index contributed by atoms with van der Waals surface area (Å²) in [5.41, 5.74) is 4.67. The van der Waals surface area contributed by atoms with Gasteiger partial charge in [-0.3, -0.25) is 0 Å². The first-order valence-electron chi connectivity index (χ1n) is 8.57. The van der Waals surface area contributed by atoms with E-state index in [0.29, 0.717) is 0 Å². The highest BCUT2D eigenvalue weighted by molar-refractivity contribution is 5.85. The molecule has 5 heteroatoms. The molecular weight excluding hydrogens is 324 g/mol. The second kappa shape index (κ2) is 6.59. The van der Waals surface area contributed by atoms with Crippen molar-refractivity contribution in [3.63, 3.8) is 0 Å². The fraction of sp³-hybridized carbons (Fsp3) is 0.190. The second-order valence-corrected chi connectivity index (χ2v) is 6.55. The predicted octanol–water partition coefficient (Wildman–Crippen LogP) is 4.08. The van der Waals surface area contributed by atoms with E-state index in [1.807, 2.05) is 38.9 Å². The van der Waals surface area contributed by atoms with Crippen molar-refractivity contribution >= 4 is 16.6 Å². The van der Waals surface area contributed by atoms with Gasteiger partial charge in [0.15, 0.2) is 0 Å². The Morgan fingerprint density at radius 2 is 1.92 bits per heavy atom. The lowest BCUT2D eigenvalue weighted by Crippen LogP contribution is -2.12. The molecule has 26 heavy (non-hydrogen) atoms. The summed E-state index contributed by atoms with van der Waals surface area (Å²) < 4.78 is 7.56. The number of nitrogens with zero attached hydrogens (tertiary/aromatic N) is 3. The van der Waals surface area contributed by atoms with E-state index in [9.17, 15) is 0 Å². The van der Waals surface area contributed by atoms with Gasteiger partial charge < -0.3 is 19.2 Å². The first kappa shape index (κ1) is 16.3. The van der Waals surface area contributed by atoms with Crippen LogP contribution in [0.1, 0.15) is 17.2 Å². The lowest BCUT2D eigenvalue weighted by molar-refractivity contribution is 0.415. The molecule has 0 aliphatic carbocycles. The average molecular weight is 346 g/mol. The highest BCUT2D eigenvalue weighted by Gasteiger charge is 2.20. The van der Waals surface area contributed by atoms with Crippen LogP contribution in [0.3, 0.4) is 0 Å². The molecule has 132 valence electrons. The van der Waals surface area contributed by atoms with E-state index in [4.69, 9.17) is 4.74 Å². The number of aromatic amines is 1. The summed E-state index contributed by atoms with van der Waals surface area (Å²) in [5.74, 6) is 0.852. The smallest absolute Gasteiger partial charge is 0.119 e. The van der Waals surface area contributed by atoms with Crippen molar-refractivity contribution < 1.29 is 4.74 Å². The van der Waals surface area contributed by atoms with Gasteiger partial charge in [0.25, 0.3) is 0 Å². The molecule has 1 N–H and O–H groups in total. The van der Waals surface area contributed by atoms with Crippen LogP contribution in [-0.4, -0.2) is 35.7 Å². The molecule has 0 fully saturated rings. The number of benzene rings is 2. The SMILES string of the molecule is COc1ccc2[nH]cc(C(c3ccc(N(C)C)cc3)n3ccnc3)c2c1. The molecule has 5 nitrogen and oxygen atoms in total. The number of hydrogen-bond donors (Lipinski definition) is 1. The van der Waals surface area contributed by atoms with Gasteiger partial charge >= 0.3 is 0 Å². The Bertz CT molecular complexity index is 1000. The Labute approximate surface area is 152 Å². The van der Waals surface area contributed by atoms with Crippen LogP contribution >= 0.6 is 0 Å². The van der Waals surface area contributed by atoms with Crippen molar-refractivity contribution in [2.24, 2.45) is 0 Å². The van der Waals surface area contributed by atoms with Gasteiger partial charge in [-0.2, -0.15) is 0 Å². The molecule has 0 aliphatic rings. The summed E-state index contributed by atoms with van der Waals surface area (Å²) in [5, 5.41) is 1.15. The topological polar surface area (TPSA) is 46.1 Å². The fourth-order valence-electron chi connectivity index (χ4n) is 3.36. The standard InChI is InChI=1S/C21H22N4O/c1-24(2)16-6-4-15(5-7-16)21(25-11-10-22-14-25)19-13-23-20-9-8-17(26-3)12-18(19)20/h4-14,21,23H,1-3H3. The van der Waals surface area contributed by atoms with E-state index in [2.05, 4.69) is 62.0 Å². The van der Waals surface area contributed by atoms with Crippen LogP contribution in [0.15, 0.2) is 67.4 Å². The molecule has 0 amide bonds. The maximum Gasteiger partial charge on any atom is 0.119 e. The Kier molecular flexibility index (Phi) is 4.13. The van der Waals surface area contributed by atoms with Crippen LogP contribution in [0, 0.1) is 0 Å². The lowest BCUT2D eigenvalue weighted by atomic mass is 9.97. The normalized spacial score (nSPS) is 12.3. The summed E-state index contributed by atoms with van der Waals surface area (Å²) in [6.45, 7) is 0. The molecule has 0 spiro atoms. The van der Waals surface area contributed by atoms with E-state index in [0.717, 1.165) is 16.7 Å². The third kappa shape index (κ3) is 2.81. The van der Waals surface area contributed by atoms with E-state index in [-0.39, 0.29) is 6.04 Å². The van der Waals surface area contributed by atoms with Crippen molar-refractivity contribution in [2.45, 2.75) is 6.04 Å². The minimum atomic E-state index is 0.0366. The maximum absolute atomic E-state index is 5.43. The third-order valence-corrected chi connectivity index (χ3v) is 4.76. The Balaban J connectivity index is 1.87. The number of methoxy groups -OCH3 is 1. The summed E-state index contributed by atoms with van der Waals surface area (Å²) in [6.07, 6.45) is 7.76. The summed E-state index contributed by atoms with van der Waals surface area (Å²) >= 11 is 0. The quantitative estimate of drug-likeness (QED) is 0.592. The number of nitrogens with one attached hydrogen (secondary N) is 1. The van der Waals surface area contributed by atoms with E-state index < -0.39 is 0 Å². The van der Waals surface area contributed by atoms with Gasteiger partial charge in [-0.1, -0.05) is 12.1 Å². The molecule has 2 aromatic carbocycles. The Morgan fingerprint density at radius 1 is 1.12 bits per heavy atom. The molecule has 2 heterocycles. The number of imidazole rings is 1. The number of H-pyrrole nitrogens is 1. The molecule has 0 bridgehead atoms. The molecule has 1 unspecified atom stereocenters. The van der Waals surface area contributed by atoms with Gasteiger partial charge in [0.05, 0.1) is 19.5 Å². The van der Waals surface area contributed by atoms with E-state index in [1.54, 1.807) is 7.11 Å². The maximum atomic E-state index is 5.43. The monoisotopic (exact) mass is 346 g/mol.